The molecule has 1 amide bonds. The zero-order valence-corrected chi connectivity index (χ0v) is 15.0. The van der Waals surface area contributed by atoms with Crippen molar-refractivity contribution in [1.29, 1.82) is 0 Å². The van der Waals surface area contributed by atoms with Gasteiger partial charge in [-0.05, 0) is 23.8 Å². The number of hydrogen-bond acceptors (Lipinski definition) is 3. The van der Waals surface area contributed by atoms with E-state index >= 15 is 0 Å². The van der Waals surface area contributed by atoms with Gasteiger partial charge in [-0.3, -0.25) is 9.69 Å². The maximum absolute atomic E-state index is 12.3. The van der Waals surface area contributed by atoms with Crippen LogP contribution in [-0.4, -0.2) is 48.5 Å². The normalized spacial score (nSPS) is 15.2. The average molecular weight is 359 g/mol. The van der Waals surface area contributed by atoms with Crippen LogP contribution < -0.4 is 4.74 Å². The van der Waals surface area contributed by atoms with E-state index in [9.17, 15) is 4.79 Å². The maximum Gasteiger partial charge on any atom is 0.226 e. The van der Waals surface area contributed by atoms with Crippen LogP contribution >= 0.6 is 11.6 Å². The fourth-order valence-corrected chi connectivity index (χ4v) is 3.15. The Morgan fingerprint density at radius 1 is 1.00 bits per heavy atom. The van der Waals surface area contributed by atoms with Crippen LogP contribution in [0, 0.1) is 0 Å². The van der Waals surface area contributed by atoms with Gasteiger partial charge in [0.1, 0.15) is 5.75 Å². The van der Waals surface area contributed by atoms with Crippen LogP contribution in [0.25, 0.3) is 0 Å². The highest BCUT2D eigenvalue weighted by molar-refractivity contribution is 6.30. The number of ether oxygens (including phenoxy) is 1. The summed E-state index contributed by atoms with van der Waals surface area (Å²) < 4.78 is 5.61. The summed E-state index contributed by atoms with van der Waals surface area (Å²) in [4.78, 5) is 16.6. The summed E-state index contributed by atoms with van der Waals surface area (Å²) in [6, 6.07) is 17.7. The zero-order valence-electron chi connectivity index (χ0n) is 14.2. The third kappa shape index (κ3) is 5.48. The minimum Gasteiger partial charge on any atom is -0.493 e. The number of nitrogens with zero attached hydrogens (tertiary/aromatic N) is 2. The van der Waals surface area contributed by atoms with Crippen molar-refractivity contribution in [2.24, 2.45) is 0 Å². The summed E-state index contributed by atoms with van der Waals surface area (Å²) in [7, 11) is 0. The Hall–Kier alpha value is -2.04. The fraction of sp³-hybridized carbons (Fsp3) is 0.350. The fourth-order valence-electron chi connectivity index (χ4n) is 2.97. The van der Waals surface area contributed by atoms with Crippen LogP contribution in [0.5, 0.6) is 5.75 Å². The lowest BCUT2D eigenvalue weighted by molar-refractivity contribution is -0.133. The zero-order chi connectivity index (χ0) is 17.5. The van der Waals surface area contributed by atoms with Gasteiger partial charge in [0.05, 0.1) is 13.0 Å². The first kappa shape index (κ1) is 17.8. The molecule has 0 radical (unpaired) electrons. The highest BCUT2D eigenvalue weighted by Gasteiger charge is 2.20. The maximum atomic E-state index is 12.3. The van der Waals surface area contributed by atoms with Crippen LogP contribution in [0.15, 0.2) is 54.6 Å². The van der Waals surface area contributed by atoms with E-state index in [-0.39, 0.29) is 5.91 Å². The molecular weight excluding hydrogens is 336 g/mol. The molecule has 2 aromatic rings. The lowest BCUT2D eigenvalue weighted by Gasteiger charge is -2.34. The van der Waals surface area contributed by atoms with E-state index in [1.165, 1.54) is 5.56 Å². The summed E-state index contributed by atoms with van der Waals surface area (Å²) in [6.45, 7) is 4.71. The Kier molecular flexibility index (Phi) is 6.31. The molecule has 25 heavy (non-hydrogen) atoms. The van der Waals surface area contributed by atoms with Gasteiger partial charge < -0.3 is 9.64 Å². The van der Waals surface area contributed by atoms with Crippen LogP contribution in [0.1, 0.15) is 12.0 Å². The molecule has 132 valence electrons. The van der Waals surface area contributed by atoms with Crippen molar-refractivity contribution in [2.75, 3.05) is 32.8 Å². The number of piperazine rings is 1. The van der Waals surface area contributed by atoms with E-state index in [1.807, 2.05) is 23.1 Å². The minimum atomic E-state index is 0.154. The van der Waals surface area contributed by atoms with Crippen molar-refractivity contribution in [2.45, 2.75) is 13.0 Å². The average Bonchev–Trinajstić information content (AvgIpc) is 2.63. The van der Waals surface area contributed by atoms with Crippen molar-refractivity contribution in [1.82, 2.24) is 9.80 Å². The van der Waals surface area contributed by atoms with E-state index in [1.54, 1.807) is 12.1 Å². The first-order valence-electron chi connectivity index (χ1n) is 8.63. The third-order valence-electron chi connectivity index (χ3n) is 4.35. The van der Waals surface area contributed by atoms with E-state index in [2.05, 4.69) is 29.2 Å². The van der Waals surface area contributed by atoms with Crippen molar-refractivity contribution in [3.8, 4) is 5.75 Å². The molecule has 1 fully saturated rings. The Morgan fingerprint density at radius 2 is 1.76 bits per heavy atom. The van der Waals surface area contributed by atoms with Crippen LogP contribution in [0.3, 0.4) is 0 Å². The standard InChI is InChI=1S/C20H23ClN2O2/c21-18-7-4-8-19(15-18)25-14-9-20(24)23-12-10-22(11-13-23)16-17-5-2-1-3-6-17/h1-8,15H,9-14,16H2. The van der Waals surface area contributed by atoms with Crippen molar-refractivity contribution in [3.05, 3.63) is 65.2 Å². The molecule has 1 saturated heterocycles. The molecular formula is C20H23ClN2O2. The summed E-state index contributed by atoms with van der Waals surface area (Å²) in [5, 5.41) is 0.637. The van der Waals surface area contributed by atoms with Crippen LogP contribution in [0.4, 0.5) is 0 Å². The SMILES string of the molecule is O=C(CCOc1cccc(Cl)c1)N1CCN(Cc2ccccc2)CC1. The number of rotatable bonds is 6. The predicted octanol–water partition coefficient (Wildman–Crippen LogP) is 3.45. The molecule has 0 saturated carbocycles. The van der Waals surface area contributed by atoms with Gasteiger partial charge in [0.15, 0.2) is 0 Å². The number of carbonyl (C=O) groups excluding carboxylic acids is 1. The second kappa shape index (κ2) is 8.88. The predicted molar refractivity (Wildman–Crippen MR) is 99.9 cm³/mol. The minimum absolute atomic E-state index is 0.154. The van der Waals surface area contributed by atoms with Crippen LogP contribution in [-0.2, 0) is 11.3 Å². The summed E-state index contributed by atoms with van der Waals surface area (Å²) in [6.07, 6.45) is 0.394. The third-order valence-corrected chi connectivity index (χ3v) is 4.59. The van der Waals surface area contributed by atoms with E-state index in [4.69, 9.17) is 16.3 Å². The van der Waals surface area contributed by atoms with E-state index < -0.39 is 0 Å². The molecule has 5 heteroatoms. The molecule has 0 bridgehead atoms. The molecule has 2 aromatic carbocycles. The number of hydrogen-bond donors (Lipinski definition) is 0. The van der Waals surface area contributed by atoms with Crippen molar-refractivity contribution < 1.29 is 9.53 Å². The van der Waals surface area contributed by atoms with Gasteiger partial charge in [0, 0.05) is 37.7 Å². The Balaban J connectivity index is 1.38. The van der Waals surface area contributed by atoms with Gasteiger partial charge >= 0.3 is 0 Å². The highest BCUT2D eigenvalue weighted by atomic mass is 35.5. The summed E-state index contributed by atoms with van der Waals surface area (Å²) in [5.41, 5.74) is 1.32. The Morgan fingerprint density at radius 3 is 2.48 bits per heavy atom. The topological polar surface area (TPSA) is 32.8 Å². The molecule has 1 heterocycles. The largest absolute Gasteiger partial charge is 0.493 e. The molecule has 0 N–H and O–H groups in total. The second-order valence-corrected chi connectivity index (χ2v) is 6.63. The van der Waals surface area contributed by atoms with Crippen molar-refractivity contribution >= 4 is 17.5 Å². The monoisotopic (exact) mass is 358 g/mol. The lowest BCUT2D eigenvalue weighted by Crippen LogP contribution is -2.48. The summed E-state index contributed by atoms with van der Waals surface area (Å²) >= 11 is 5.92. The number of carbonyl (C=O) groups is 1. The van der Waals surface area contributed by atoms with Gasteiger partial charge in [-0.2, -0.15) is 0 Å². The number of benzene rings is 2. The van der Waals surface area contributed by atoms with Gasteiger partial charge in [-0.25, -0.2) is 0 Å². The van der Waals surface area contributed by atoms with Crippen molar-refractivity contribution in [3.63, 3.8) is 0 Å². The van der Waals surface area contributed by atoms with Gasteiger partial charge in [0.2, 0.25) is 5.91 Å². The lowest BCUT2D eigenvalue weighted by atomic mass is 10.2. The molecule has 0 aliphatic carbocycles. The summed E-state index contributed by atoms with van der Waals surface area (Å²) in [5.74, 6) is 0.856. The first-order chi connectivity index (χ1) is 12.2. The molecule has 0 unspecified atom stereocenters. The number of halogens is 1. The molecule has 4 nitrogen and oxygen atoms in total. The Bertz CT molecular complexity index is 685. The first-order valence-corrected chi connectivity index (χ1v) is 9.01. The van der Waals surface area contributed by atoms with Gasteiger partial charge in [-0.1, -0.05) is 48.0 Å². The Labute approximate surface area is 154 Å². The molecule has 0 atom stereocenters. The quantitative estimate of drug-likeness (QED) is 0.792. The highest BCUT2D eigenvalue weighted by Crippen LogP contribution is 2.17. The molecule has 3 rings (SSSR count). The van der Waals surface area contributed by atoms with Gasteiger partial charge in [-0.15, -0.1) is 0 Å². The smallest absolute Gasteiger partial charge is 0.226 e. The number of amides is 1. The molecule has 0 aromatic heterocycles. The molecule has 1 aliphatic heterocycles. The van der Waals surface area contributed by atoms with E-state index in [0.717, 1.165) is 32.7 Å². The molecule has 0 spiro atoms. The van der Waals surface area contributed by atoms with Gasteiger partial charge in [0.25, 0.3) is 0 Å². The van der Waals surface area contributed by atoms with E-state index in [0.29, 0.717) is 23.8 Å². The molecule has 1 aliphatic rings. The second-order valence-electron chi connectivity index (χ2n) is 6.20. The van der Waals surface area contributed by atoms with Crippen LogP contribution in [0.2, 0.25) is 5.02 Å².